The maximum Gasteiger partial charge on any atom is 0.319 e. The van der Waals surface area contributed by atoms with Gasteiger partial charge in [-0.3, -0.25) is 9.69 Å². The van der Waals surface area contributed by atoms with Crippen LogP contribution in [0.5, 0.6) is 6.01 Å². The van der Waals surface area contributed by atoms with Gasteiger partial charge in [-0.15, -0.1) is 0 Å². The Morgan fingerprint density at radius 3 is 2.79 bits per heavy atom. The highest BCUT2D eigenvalue weighted by molar-refractivity contribution is 5.93. The molecule has 0 unspecified atom stereocenters. The van der Waals surface area contributed by atoms with Crippen LogP contribution < -0.4 is 9.64 Å². The molecule has 0 N–H and O–H groups in total. The highest BCUT2D eigenvalue weighted by Crippen LogP contribution is 2.35. The number of likely N-dealkylation sites (N-methyl/N-ethyl adjacent to an activating group) is 1. The van der Waals surface area contributed by atoms with E-state index in [4.69, 9.17) is 21.3 Å². The molecule has 3 atom stereocenters. The van der Waals surface area contributed by atoms with Gasteiger partial charge in [-0.05, 0) is 85.5 Å². The fraction of sp³-hybridized carbons (Fsp3) is 0.471. The van der Waals surface area contributed by atoms with Gasteiger partial charge in [0.15, 0.2) is 0 Å². The van der Waals surface area contributed by atoms with E-state index in [0.29, 0.717) is 44.2 Å². The summed E-state index contributed by atoms with van der Waals surface area (Å²) in [5.74, 6) is 1.31. The lowest BCUT2D eigenvalue weighted by atomic mass is 9.86. The van der Waals surface area contributed by atoms with Crippen molar-refractivity contribution < 1.29 is 9.53 Å². The van der Waals surface area contributed by atoms with Gasteiger partial charge in [-0.1, -0.05) is 37.8 Å². The number of fused-ring (bicyclic) bond motifs is 2. The summed E-state index contributed by atoms with van der Waals surface area (Å²) in [5.41, 5.74) is 6.21. The van der Waals surface area contributed by atoms with E-state index in [1.54, 1.807) is 4.90 Å². The highest BCUT2D eigenvalue weighted by atomic mass is 16.5. The number of anilines is 1. The third-order valence-electron chi connectivity index (χ3n) is 9.21. The number of carbonyl (C=O) groups excluding carboxylic acids is 1. The summed E-state index contributed by atoms with van der Waals surface area (Å²) in [5, 5.41) is 0.951. The van der Waals surface area contributed by atoms with Crippen LogP contribution in [0.15, 0.2) is 49.1 Å². The number of piperazine rings is 1. The number of likely N-dealkylation sites (tertiary alicyclic amines) is 1. The number of aryl methyl sites for hydroxylation is 1. The van der Waals surface area contributed by atoms with Crippen molar-refractivity contribution in [2.75, 3.05) is 51.3 Å². The van der Waals surface area contributed by atoms with Gasteiger partial charge >= 0.3 is 6.01 Å². The molecule has 2 aliphatic heterocycles. The Morgan fingerprint density at radius 2 is 2.00 bits per heavy atom. The van der Waals surface area contributed by atoms with Gasteiger partial charge < -0.3 is 19.4 Å². The molecule has 3 heterocycles. The highest BCUT2D eigenvalue weighted by Gasteiger charge is 2.33. The van der Waals surface area contributed by atoms with Crippen LogP contribution in [0.4, 0.5) is 5.82 Å². The number of hydrogen-bond acceptors (Lipinski definition) is 6. The van der Waals surface area contributed by atoms with E-state index >= 15 is 0 Å². The molecule has 1 aliphatic carbocycles. The summed E-state index contributed by atoms with van der Waals surface area (Å²) in [6.07, 6.45) is 7.15. The Labute approximate surface area is 248 Å². The smallest absolute Gasteiger partial charge is 0.319 e. The second-order valence-corrected chi connectivity index (χ2v) is 12.1. The summed E-state index contributed by atoms with van der Waals surface area (Å²) >= 11 is 0. The first-order valence-electron chi connectivity index (χ1n) is 15.2. The monoisotopic (exact) mass is 564 g/mol. The van der Waals surface area contributed by atoms with Gasteiger partial charge in [0.05, 0.1) is 5.52 Å². The standard InChI is InChI=1S/C34H40N6O2/c1-5-32(41)40-16-15-39(21-27(40)19-35-3)33-30-14-13-25(29-12-8-10-24-9-6-7-11-28(24)29)18-31(30)36-34(37-33)42-22-26-17-23(2)20-38(26)4/h5,8,10,12-14,18,23,26-27H,1,6-7,9,11,15-17,19-22H2,2,4H3/t23-,26+,27+/m1/s1. The summed E-state index contributed by atoms with van der Waals surface area (Å²) in [4.78, 5) is 32.4. The van der Waals surface area contributed by atoms with Crippen molar-refractivity contribution in [3.05, 3.63) is 71.6 Å². The van der Waals surface area contributed by atoms with Gasteiger partial charge in [-0.25, -0.2) is 6.57 Å². The van der Waals surface area contributed by atoms with Crippen LogP contribution in [0.2, 0.25) is 0 Å². The van der Waals surface area contributed by atoms with Crippen molar-refractivity contribution in [2.45, 2.75) is 51.1 Å². The van der Waals surface area contributed by atoms with Gasteiger partial charge in [0.1, 0.15) is 18.5 Å². The van der Waals surface area contributed by atoms with E-state index in [9.17, 15) is 4.79 Å². The number of benzene rings is 2. The molecular weight excluding hydrogens is 524 g/mol. The molecule has 0 saturated carbocycles. The van der Waals surface area contributed by atoms with Gasteiger partial charge in [0, 0.05) is 37.6 Å². The maximum atomic E-state index is 12.5. The van der Waals surface area contributed by atoms with Crippen LogP contribution in [0.1, 0.15) is 37.3 Å². The van der Waals surface area contributed by atoms with E-state index in [1.165, 1.54) is 35.6 Å². The summed E-state index contributed by atoms with van der Waals surface area (Å²) in [6.45, 7) is 16.9. The second-order valence-electron chi connectivity index (χ2n) is 12.1. The number of aromatic nitrogens is 2. The van der Waals surface area contributed by atoms with Crippen LogP contribution >= 0.6 is 0 Å². The number of nitrogens with zero attached hydrogens (tertiary/aromatic N) is 6. The van der Waals surface area contributed by atoms with Crippen molar-refractivity contribution >= 4 is 22.6 Å². The first kappa shape index (κ1) is 28.2. The number of hydrogen-bond donors (Lipinski definition) is 0. The molecule has 8 nitrogen and oxygen atoms in total. The van der Waals surface area contributed by atoms with Gasteiger partial charge in [0.25, 0.3) is 0 Å². The van der Waals surface area contributed by atoms with Gasteiger partial charge in [-0.2, -0.15) is 9.97 Å². The number of ether oxygens (including phenoxy) is 1. The molecule has 0 radical (unpaired) electrons. The summed E-state index contributed by atoms with van der Waals surface area (Å²) < 4.78 is 6.32. The van der Waals surface area contributed by atoms with E-state index in [1.807, 2.05) is 0 Å². The minimum absolute atomic E-state index is 0.134. The minimum atomic E-state index is -0.236. The normalized spacial score (nSPS) is 22.5. The van der Waals surface area contributed by atoms with Crippen LogP contribution in [0.25, 0.3) is 26.9 Å². The lowest BCUT2D eigenvalue weighted by Crippen LogP contribution is -2.56. The SMILES string of the molecule is [C-]#[N+]C[C@H]1CN(c2nc(OC[C@@H]3C[C@@H](C)CN3C)nc3cc(-c4cccc5c4CCCC5)ccc23)CCN1C(=O)C=C. The van der Waals surface area contributed by atoms with Crippen molar-refractivity contribution in [1.29, 1.82) is 0 Å². The molecule has 6 rings (SSSR count). The molecule has 2 fully saturated rings. The fourth-order valence-electron chi connectivity index (χ4n) is 7.06. The first-order chi connectivity index (χ1) is 20.4. The third kappa shape index (κ3) is 5.58. The van der Waals surface area contributed by atoms with E-state index in [0.717, 1.165) is 48.1 Å². The molecule has 8 heteroatoms. The fourth-order valence-corrected chi connectivity index (χ4v) is 7.06. The van der Waals surface area contributed by atoms with Crippen LogP contribution in [-0.4, -0.2) is 84.1 Å². The van der Waals surface area contributed by atoms with E-state index in [-0.39, 0.29) is 18.5 Å². The molecule has 2 aromatic carbocycles. The van der Waals surface area contributed by atoms with Crippen molar-refractivity contribution in [3.8, 4) is 17.1 Å². The van der Waals surface area contributed by atoms with Crippen LogP contribution in [0, 0.1) is 12.5 Å². The predicted molar refractivity (Wildman–Crippen MR) is 167 cm³/mol. The van der Waals surface area contributed by atoms with Crippen LogP contribution in [-0.2, 0) is 17.6 Å². The molecule has 1 amide bonds. The topological polar surface area (TPSA) is 66.2 Å². The number of carbonyl (C=O) groups is 1. The zero-order chi connectivity index (χ0) is 29.2. The van der Waals surface area contributed by atoms with Crippen molar-refractivity contribution in [3.63, 3.8) is 0 Å². The van der Waals surface area contributed by atoms with Crippen molar-refractivity contribution in [2.24, 2.45) is 5.92 Å². The Balaban J connectivity index is 1.38. The zero-order valence-corrected chi connectivity index (χ0v) is 24.8. The zero-order valence-electron chi connectivity index (χ0n) is 24.8. The largest absolute Gasteiger partial charge is 0.462 e. The third-order valence-corrected chi connectivity index (χ3v) is 9.21. The van der Waals surface area contributed by atoms with Crippen molar-refractivity contribution in [1.82, 2.24) is 19.8 Å². The molecule has 42 heavy (non-hydrogen) atoms. The maximum absolute atomic E-state index is 12.5. The Bertz CT molecular complexity index is 1530. The summed E-state index contributed by atoms with van der Waals surface area (Å²) in [6, 6.07) is 13.6. The minimum Gasteiger partial charge on any atom is -0.462 e. The van der Waals surface area contributed by atoms with Gasteiger partial charge in [0.2, 0.25) is 12.5 Å². The number of amides is 1. The average molecular weight is 565 g/mol. The van der Waals surface area contributed by atoms with Crippen LogP contribution in [0.3, 0.4) is 0 Å². The second kappa shape index (κ2) is 12.1. The Hall–Kier alpha value is -3.96. The Morgan fingerprint density at radius 1 is 1.14 bits per heavy atom. The number of rotatable bonds is 7. The quantitative estimate of drug-likeness (QED) is 0.297. The summed E-state index contributed by atoms with van der Waals surface area (Å²) in [7, 11) is 2.15. The predicted octanol–water partition coefficient (Wildman–Crippen LogP) is 5.02. The lowest BCUT2D eigenvalue weighted by Gasteiger charge is -2.39. The molecule has 3 aliphatic rings. The molecule has 1 aromatic heterocycles. The molecule has 2 saturated heterocycles. The van der Waals surface area contributed by atoms with E-state index < -0.39 is 0 Å². The molecule has 0 bridgehead atoms. The molecule has 0 spiro atoms. The average Bonchev–Trinajstić information content (AvgIpc) is 3.34. The molecule has 218 valence electrons. The van der Waals surface area contributed by atoms with E-state index in [2.05, 4.69) is 71.6 Å². The first-order valence-corrected chi connectivity index (χ1v) is 15.2. The lowest BCUT2D eigenvalue weighted by molar-refractivity contribution is -0.128. The molecular formula is C34H40N6O2. The molecule has 3 aromatic rings. The Kier molecular flexibility index (Phi) is 8.12.